The zero-order valence-electron chi connectivity index (χ0n) is 33.5. The van der Waals surface area contributed by atoms with Crippen molar-refractivity contribution in [3.05, 3.63) is 131 Å². The fraction of sp³-hybridized carbons (Fsp3) is 0.500. The summed E-state index contributed by atoms with van der Waals surface area (Å²) < 4.78 is 0. The highest BCUT2D eigenvalue weighted by atomic mass is 31.1. The SMILES string of the molecule is CC(=C(c1ccccc1)c1ccccc1)P(C1CCCCC1)C1CCC(C2CCCC(P(c3ccccc3-c3ccccc3C)C3CCCCC3)C2)CC1. The predicted molar refractivity (Wildman–Crippen MR) is 240 cm³/mol. The Labute approximate surface area is 331 Å². The van der Waals surface area contributed by atoms with E-state index in [1.54, 1.807) is 21.8 Å². The molecule has 2 heteroatoms. The van der Waals surface area contributed by atoms with E-state index in [9.17, 15) is 0 Å². The zero-order chi connectivity index (χ0) is 36.7. The maximum Gasteiger partial charge on any atom is -0.00773 e. The number of hydrogen-bond acceptors (Lipinski definition) is 0. The molecule has 0 bridgehead atoms. The first-order valence-electron chi connectivity index (χ1n) is 22.2. The molecule has 0 nitrogen and oxygen atoms in total. The molecule has 284 valence electrons. The lowest BCUT2D eigenvalue weighted by atomic mass is 9.73. The van der Waals surface area contributed by atoms with Gasteiger partial charge in [0.25, 0.3) is 0 Å². The van der Waals surface area contributed by atoms with Crippen LogP contribution in [0.15, 0.2) is 115 Å². The van der Waals surface area contributed by atoms with Crippen molar-refractivity contribution in [1.82, 2.24) is 0 Å². The fourth-order valence-electron chi connectivity index (χ4n) is 11.7. The average Bonchev–Trinajstić information content (AvgIpc) is 3.24. The molecule has 0 aliphatic heterocycles. The summed E-state index contributed by atoms with van der Waals surface area (Å²) in [4.78, 5) is 0. The Balaban J connectivity index is 1.04. The molecule has 4 saturated carbocycles. The Kier molecular flexibility index (Phi) is 13.2. The quantitative estimate of drug-likeness (QED) is 0.142. The third kappa shape index (κ3) is 8.72. The summed E-state index contributed by atoms with van der Waals surface area (Å²) in [6, 6.07) is 41.8. The van der Waals surface area contributed by atoms with Crippen LogP contribution in [0.25, 0.3) is 16.7 Å². The van der Waals surface area contributed by atoms with Gasteiger partial charge in [-0.15, -0.1) is 0 Å². The lowest BCUT2D eigenvalue weighted by Crippen LogP contribution is -2.33. The average molecular weight is 753 g/mol. The van der Waals surface area contributed by atoms with E-state index in [1.165, 1.54) is 138 Å². The lowest BCUT2D eigenvalue weighted by Gasteiger charge is -2.46. The molecule has 0 spiro atoms. The maximum absolute atomic E-state index is 2.58. The van der Waals surface area contributed by atoms with Gasteiger partial charge < -0.3 is 0 Å². The number of hydrogen-bond donors (Lipinski definition) is 0. The number of benzene rings is 4. The standard InChI is InChI=1S/C52H66P2/c1-39-20-15-16-31-49(39)50-32-17-18-33-51(50)54(46-28-13-6-14-29-46)48-30-19-25-44(38-48)41-34-36-47(37-35-41)53(45-26-11-5-12-27-45)40(2)52(42-21-7-3-8-22-42)43-23-9-4-10-24-43/h3-4,7-10,15-18,20-24,31-33,41,44-48H,5-6,11-14,19,25-30,34-38H2,1-2H3. The number of allylic oxidation sites excluding steroid dienone is 1. The molecule has 4 unspecified atom stereocenters. The van der Waals surface area contributed by atoms with E-state index >= 15 is 0 Å². The molecule has 4 aromatic carbocycles. The predicted octanol–water partition coefficient (Wildman–Crippen LogP) is 15.5. The molecule has 0 saturated heterocycles. The smallest absolute Gasteiger partial charge is 0.00773 e. The Morgan fingerprint density at radius 1 is 0.444 bits per heavy atom. The van der Waals surface area contributed by atoms with Crippen molar-refractivity contribution in [3.8, 4) is 11.1 Å². The molecule has 0 aromatic heterocycles. The van der Waals surface area contributed by atoms with Crippen LogP contribution in [0.2, 0.25) is 0 Å². The van der Waals surface area contributed by atoms with Gasteiger partial charge >= 0.3 is 0 Å². The molecular weight excluding hydrogens is 687 g/mol. The van der Waals surface area contributed by atoms with Crippen molar-refractivity contribution in [2.75, 3.05) is 0 Å². The van der Waals surface area contributed by atoms with Crippen molar-refractivity contribution in [2.24, 2.45) is 11.8 Å². The molecule has 8 rings (SSSR count). The van der Waals surface area contributed by atoms with E-state index < -0.39 is 0 Å². The van der Waals surface area contributed by atoms with Crippen molar-refractivity contribution < 1.29 is 0 Å². The Morgan fingerprint density at radius 3 is 1.59 bits per heavy atom. The second-order valence-electron chi connectivity index (χ2n) is 17.6. The minimum Gasteiger partial charge on any atom is -0.0730 e. The monoisotopic (exact) mass is 752 g/mol. The van der Waals surface area contributed by atoms with Crippen molar-refractivity contribution in [1.29, 1.82) is 0 Å². The minimum absolute atomic E-state index is 0.185. The van der Waals surface area contributed by atoms with E-state index in [1.807, 2.05) is 0 Å². The summed E-state index contributed by atoms with van der Waals surface area (Å²) in [7, 11) is -0.373. The topological polar surface area (TPSA) is 0 Å². The highest BCUT2D eigenvalue weighted by molar-refractivity contribution is 7.67. The Bertz CT molecular complexity index is 1750. The first-order valence-corrected chi connectivity index (χ1v) is 25.1. The van der Waals surface area contributed by atoms with Crippen LogP contribution in [0.4, 0.5) is 0 Å². The van der Waals surface area contributed by atoms with Crippen LogP contribution in [-0.4, -0.2) is 22.6 Å². The summed E-state index contributed by atoms with van der Waals surface area (Å²) in [5, 5.41) is 3.50. The summed E-state index contributed by atoms with van der Waals surface area (Å²) in [5.41, 5.74) is 12.5. The largest absolute Gasteiger partial charge is 0.0730 e. The Morgan fingerprint density at radius 2 is 0.963 bits per heavy atom. The molecule has 4 atom stereocenters. The molecule has 0 heterocycles. The van der Waals surface area contributed by atoms with Gasteiger partial charge in [-0.05, 0) is 157 Å². The van der Waals surface area contributed by atoms with Gasteiger partial charge in [0.2, 0.25) is 0 Å². The van der Waals surface area contributed by atoms with Crippen LogP contribution < -0.4 is 5.30 Å². The third-order valence-corrected chi connectivity index (χ3v) is 21.4. The maximum atomic E-state index is 2.58. The molecule has 4 fully saturated rings. The van der Waals surface area contributed by atoms with Gasteiger partial charge in [0.1, 0.15) is 0 Å². The van der Waals surface area contributed by atoms with E-state index in [4.69, 9.17) is 0 Å². The highest BCUT2D eigenvalue weighted by Crippen LogP contribution is 2.64. The first-order chi connectivity index (χ1) is 26.7. The molecule has 0 radical (unpaired) electrons. The van der Waals surface area contributed by atoms with Gasteiger partial charge in [0, 0.05) is 0 Å². The molecular formula is C52H66P2. The summed E-state index contributed by atoms with van der Waals surface area (Å²) in [5.74, 6) is 1.87. The van der Waals surface area contributed by atoms with Crippen LogP contribution in [0.3, 0.4) is 0 Å². The van der Waals surface area contributed by atoms with Crippen LogP contribution in [0.1, 0.15) is 139 Å². The number of aryl methyl sites for hydroxylation is 1. The van der Waals surface area contributed by atoms with Crippen LogP contribution in [0, 0.1) is 18.8 Å². The van der Waals surface area contributed by atoms with Gasteiger partial charge in [0.05, 0.1) is 0 Å². The molecule has 4 aliphatic rings. The van der Waals surface area contributed by atoms with E-state index in [0.29, 0.717) is 0 Å². The highest BCUT2D eigenvalue weighted by Gasteiger charge is 2.41. The van der Waals surface area contributed by atoms with Crippen molar-refractivity contribution in [2.45, 2.75) is 152 Å². The Hall–Kier alpha value is -2.52. The van der Waals surface area contributed by atoms with E-state index in [0.717, 1.165) is 34.5 Å². The molecule has 0 amide bonds. The molecule has 0 N–H and O–H groups in total. The van der Waals surface area contributed by atoms with Gasteiger partial charge in [-0.3, -0.25) is 0 Å². The minimum atomic E-state index is -0.188. The second-order valence-corrected chi connectivity index (χ2v) is 23.3. The zero-order valence-corrected chi connectivity index (χ0v) is 35.3. The summed E-state index contributed by atoms with van der Waals surface area (Å²) in [6.07, 6.45) is 26.3. The van der Waals surface area contributed by atoms with Crippen LogP contribution >= 0.6 is 15.8 Å². The van der Waals surface area contributed by atoms with Crippen LogP contribution in [0.5, 0.6) is 0 Å². The van der Waals surface area contributed by atoms with Gasteiger partial charge in [-0.1, -0.05) is 176 Å². The van der Waals surface area contributed by atoms with E-state index in [-0.39, 0.29) is 15.8 Å². The van der Waals surface area contributed by atoms with Crippen molar-refractivity contribution in [3.63, 3.8) is 0 Å². The first kappa shape index (κ1) is 38.4. The number of rotatable bonds is 10. The molecule has 4 aliphatic carbocycles. The normalized spacial score (nSPS) is 25.4. The lowest BCUT2D eigenvalue weighted by molar-refractivity contribution is 0.199. The summed E-state index contributed by atoms with van der Waals surface area (Å²) in [6.45, 7) is 4.90. The van der Waals surface area contributed by atoms with Crippen LogP contribution in [-0.2, 0) is 0 Å². The van der Waals surface area contributed by atoms with Gasteiger partial charge in [-0.2, -0.15) is 0 Å². The van der Waals surface area contributed by atoms with Gasteiger partial charge in [-0.25, -0.2) is 0 Å². The fourth-order valence-corrected chi connectivity index (χ4v) is 19.7. The summed E-state index contributed by atoms with van der Waals surface area (Å²) >= 11 is 0. The molecule has 54 heavy (non-hydrogen) atoms. The van der Waals surface area contributed by atoms with E-state index in [2.05, 4.69) is 123 Å². The van der Waals surface area contributed by atoms with Gasteiger partial charge in [0.15, 0.2) is 0 Å². The molecule has 4 aromatic rings. The third-order valence-electron chi connectivity index (χ3n) is 14.3. The second kappa shape index (κ2) is 18.6. The van der Waals surface area contributed by atoms with Crippen molar-refractivity contribution >= 4 is 26.7 Å².